The van der Waals surface area contributed by atoms with Crippen molar-refractivity contribution < 1.29 is 4.79 Å². The Hall–Kier alpha value is -1.36. The molecular weight excluding hydrogens is 300 g/mol. The van der Waals surface area contributed by atoms with Crippen molar-refractivity contribution in [3.8, 4) is 0 Å². The largest absolute Gasteiger partial charge is 0.348 e. The predicted octanol–water partition coefficient (Wildman–Crippen LogP) is 3.11. The van der Waals surface area contributed by atoms with E-state index in [1.54, 1.807) is 0 Å². The average Bonchev–Trinajstić information content (AvgIpc) is 3.26. The molecule has 2 fully saturated rings. The minimum Gasteiger partial charge on any atom is -0.348 e. The van der Waals surface area contributed by atoms with Crippen LogP contribution in [0.4, 0.5) is 0 Å². The number of aryl methyl sites for hydroxylation is 2. The number of hydrogen-bond acceptors (Lipinski definition) is 3. The highest BCUT2D eigenvalue weighted by atomic mass is 16.2. The van der Waals surface area contributed by atoms with Crippen LogP contribution in [0.1, 0.15) is 75.4 Å². The first kappa shape index (κ1) is 17.5. The van der Waals surface area contributed by atoms with Crippen LogP contribution in [-0.2, 0) is 11.3 Å². The second-order valence-electron chi connectivity index (χ2n) is 7.53. The highest BCUT2D eigenvalue weighted by molar-refractivity contribution is 5.87. The van der Waals surface area contributed by atoms with E-state index in [0.29, 0.717) is 0 Å². The topological polar surface area (TPSA) is 50.2 Å². The van der Waals surface area contributed by atoms with Gasteiger partial charge in [0.05, 0.1) is 11.7 Å². The molecule has 2 heterocycles. The van der Waals surface area contributed by atoms with E-state index < -0.39 is 0 Å². The highest BCUT2D eigenvalue weighted by Gasteiger charge is 2.47. The van der Waals surface area contributed by atoms with Crippen molar-refractivity contribution in [3.05, 3.63) is 17.0 Å². The van der Waals surface area contributed by atoms with Crippen LogP contribution in [0, 0.1) is 13.8 Å². The standard InChI is InChI=1S/C19H32N4O/c1-5-23-16(4)17(15(3)21-23)14(2)20-18(24)19(10-6-7-11-19)22-12-8-9-13-22/h14H,5-13H2,1-4H3,(H,20,24)/t14-/m0/s1. The minimum absolute atomic E-state index is 0.0119. The Morgan fingerprint density at radius 3 is 2.38 bits per heavy atom. The quantitative estimate of drug-likeness (QED) is 0.901. The molecule has 1 aliphatic carbocycles. The molecule has 3 rings (SSSR count). The monoisotopic (exact) mass is 332 g/mol. The Bertz CT molecular complexity index is 595. The molecular formula is C19H32N4O. The van der Waals surface area contributed by atoms with Crippen molar-refractivity contribution in [2.24, 2.45) is 0 Å². The zero-order valence-electron chi connectivity index (χ0n) is 15.7. The number of likely N-dealkylation sites (tertiary alicyclic amines) is 1. The summed E-state index contributed by atoms with van der Waals surface area (Å²) in [6.45, 7) is 11.4. The van der Waals surface area contributed by atoms with Gasteiger partial charge in [0.25, 0.3) is 0 Å². The van der Waals surface area contributed by atoms with Crippen LogP contribution in [0.15, 0.2) is 0 Å². The summed E-state index contributed by atoms with van der Waals surface area (Å²) in [7, 11) is 0. The van der Waals surface area contributed by atoms with Crippen molar-refractivity contribution in [1.82, 2.24) is 20.0 Å². The van der Waals surface area contributed by atoms with Crippen LogP contribution in [0.5, 0.6) is 0 Å². The van der Waals surface area contributed by atoms with Gasteiger partial charge < -0.3 is 5.32 Å². The molecule has 0 unspecified atom stereocenters. The number of aromatic nitrogens is 2. The fraction of sp³-hybridized carbons (Fsp3) is 0.789. The summed E-state index contributed by atoms with van der Waals surface area (Å²) in [6, 6.07) is 0.0119. The summed E-state index contributed by atoms with van der Waals surface area (Å²) in [5.41, 5.74) is 3.13. The van der Waals surface area contributed by atoms with Crippen molar-refractivity contribution >= 4 is 5.91 Å². The van der Waals surface area contributed by atoms with Gasteiger partial charge in [-0.25, -0.2) is 0 Å². The van der Waals surface area contributed by atoms with Crippen LogP contribution in [0.3, 0.4) is 0 Å². The highest BCUT2D eigenvalue weighted by Crippen LogP contribution is 2.38. The third kappa shape index (κ3) is 2.87. The van der Waals surface area contributed by atoms with Gasteiger partial charge >= 0.3 is 0 Å². The van der Waals surface area contributed by atoms with E-state index in [-0.39, 0.29) is 17.5 Å². The first-order valence-electron chi connectivity index (χ1n) is 9.59. The van der Waals surface area contributed by atoms with E-state index >= 15 is 0 Å². The van der Waals surface area contributed by atoms with E-state index in [4.69, 9.17) is 0 Å². The van der Waals surface area contributed by atoms with Crippen molar-refractivity contribution in [1.29, 1.82) is 0 Å². The fourth-order valence-corrected chi connectivity index (χ4v) is 4.84. The second-order valence-corrected chi connectivity index (χ2v) is 7.53. The lowest BCUT2D eigenvalue weighted by Gasteiger charge is -2.38. The minimum atomic E-state index is -0.257. The van der Waals surface area contributed by atoms with Gasteiger partial charge in [-0.05, 0) is 66.5 Å². The molecule has 0 aromatic carbocycles. The van der Waals surface area contributed by atoms with Crippen LogP contribution < -0.4 is 5.32 Å². The lowest BCUT2D eigenvalue weighted by molar-refractivity contribution is -0.133. The molecule has 1 atom stereocenters. The Morgan fingerprint density at radius 2 is 1.83 bits per heavy atom. The fourth-order valence-electron chi connectivity index (χ4n) is 4.84. The van der Waals surface area contributed by atoms with Gasteiger partial charge in [-0.1, -0.05) is 12.8 Å². The number of hydrogen-bond donors (Lipinski definition) is 1. The van der Waals surface area contributed by atoms with E-state index in [2.05, 4.69) is 36.1 Å². The van der Waals surface area contributed by atoms with Crippen molar-refractivity contribution in [2.45, 2.75) is 84.3 Å². The molecule has 2 aliphatic rings. The lowest BCUT2D eigenvalue weighted by atomic mass is 9.93. The van der Waals surface area contributed by atoms with Crippen LogP contribution in [0.25, 0.3) is 0 Å². The second kappa shape index (κ2) is 6.87. The summed E-state index contributed by atoms with van der Waals surface area (Å²) < 4.78 is 2.03. The van der Waals surface area contributed by atoms with Gasteiger partial charge in [-0.2, -0.15) is 5.10 Å². The third-order valence-corrected chi connectivity index (χ3v) is 6.08. The number of nitrogens with zero attached hydrogens (tertiary/aromatic N) is 3. The maximum atomic E-state index is 13.3. The molecule has 5 heteroatoms. The zero-order valence-corrected chi connectivity index (χ0v) is 15.7. The van der Waals surface area contributed by atoms with Crippen LogP contribution >= 0.6 is 0 Å². The summed E-state index contributed by atoms with van der Waals surface area (Å²) in [5, 5.41) is 7.95. The van der Waals surface area contributed by atoms with Gasteiger partial charge in [-0.3, -0.25) is 14.4 Å². The molecule has 1 aromatic rings. The maximum absolute atomic E-state index is 13.3. The van der Waals surface area contributed by atoms with Crippen molar-refractivity contribution in [3.63, 3.8) is 0 Å². The Balaban J connectivity index is 1.79. The number of carbonyl (C=O) groups is 1. The molecule has 1 N–H and O–H groups in total. The number of amides is 1. The summed E-state index contributed by atoms with van der Waals surface area (Å²) >= 11 is 0. The van der Waals surface area contributed by atoms with Gasteiger partial charge in [0.15, 0.2) is 0 Å². The zero-order chi connectivity index (χ0) is 17.3. The lowest BCUT2D eigenvalue weighted by Crippen LogP contribution is -2.56. The van der Waals surface area contributed by atoms with E-state index in [1.807, 2.05) is 11.6 Å². The molecule has 134 valence electrons. The summed E-state index contributed by atoms with van der Waals surface area (Å²) in [6.07, 6.45) is 6.82. The van der Waals surface area contributed by atoms with Crippen LogP contribution in [-0.4, -0.2) is 39.2 Å². The van der Waals surface area contributed by atoms with Crippen molar-refractivity contribution in [2.75, 3.05) is 13.1 Å². The third-order valence-electron chi connectivity index (χ3n) is 6.08. The molecule has 1 amide bonds. The smallest absolute Gasteiger partial charge is 0.241 e. The molecule has 1 aromatic heterocycles. The molecule has 1 saturated heterocycles. The number of rotatable bonds is 5. The van der Waals surface area contributed by atoms with Gasteiger partial charge in [0, 0.05) is 17.8 Å². The average molecular weight is 332 g/mol. The SMILES string of the molecule is CCn1nc(C)c([C@H](C)NC(=O)C2(N3CCCC3)CCCC2)c1C. The van der Waals surface area contributed by atoms with Gasteiger partial charge in [-0.15, -0.1) is 0 Å². The van der Waals surface area contributed by atoms with Crippen LogP contribution in [0.2, 0.25) is 0 Å². The summed E-state index contributed by atoms with van der Waals surface area (Å²) in [4.78, 5) is 15.7. The first-order valence-corrected chi connectivity index (χ1v) is 9.59. The predicted molar refractivity (Wildman–Crippen MR) is 95.9 cm³/mol. The van der Waals surface area contributed by atoms with E-state index in [9.17, 15) is 4.79 Å². The number of carbonyl (C=O) groups excluding carboxylic acids is 1. The number of nitrogens with one attached hydrogen (secondary N) is 1. The molecule has 1 saturated carbocycles. The Labute approximate surface area is 145 Å². The normalized spacial score (nSPS) is 22.0. The Morgan fingerprint density at radius 1 is 1.21 bits per heavy atom. The maximum Gasteiger partial charge on any atom is 0.241 e. The molecule has 5 nitrogen and oxygen atoms in total. The van der Waals surface area contributed by atoms with Gasteiger partial charge in [0.1, 0.15) is 5.54 Å². The molecule has 0 radical (unpaired) electrons. The van der Waals surface area contributed by atoms with E-state index in [1.165, 1.54) is 36.9 Å². The summed E-state index contributed by atoms with van der Waals surface area (Å²) in [5.74, 6) is 0.234. The molecule has 1 aliphatic heterocycles. The molecule has 24 heavy (non-hydrogen) atoms. The molecule has 0 spiro atoms. The molecule has 0 bridgehead atoms. The first-order chi connectivity index (χ1) is 11.5. The van der Waals surface area contributed by atoms with Gasteiger partial charge in [0.2, 0.25) is 5.91 Å². The Kier molecular flexibility index (Phi) is 5.00. The van der Waals surface area contributed by atoms with E-state index in [0.717, 1.165) is 38.2 Å².